The fraction of sp³-hybridized carbons (Fsp3) is 0.500. The summed E-state index contributed by atoms with van der Waals surface area (Å²) < 4.78 is 40.4. The van der Waals surface area contributed by atoms with Gasteiger partial charge in [0.05, 0.1) is 16.5 Å². The minimum Gasteiger partial charge on any atom is -0.344 e. The molecule has 180 valence electrons. The fourth-order valence-electron chi connectivity index (χ4n) is 3.70. The van der Waals surface area contributed by atoms with Gasteiger partial charge in [0.15, 0.2) is 5.13 Å². The monoisotopic (exact) mass is 496 g/mol. The summed E-state index contributed by atoms with van der Waals surface area (Å²) in [6.07, 6.45) is 1.70. The van der Waals surface area contributed by atoms with E-state index in [4.69, 9.17) is 0 Å². The van der Waals surface area contributed by atoms with Gasteiger partial charge in [-0.1, -0.05) is 20.3 Å². The second-order valence-electron chi connectivity index (χ2n) is 8.31. The molecule has 1 aromatic carbocycles. The summed E-state index contributed by atoms with van der Waals surface area (Å²) in [5.74, 6) is -1.94. The van der Waals surface area contributed by atoms with E-state index >= 15 is 0 Å². The quantitative estimate of drug-likeness (QED) is 0.584. The molecule has 2 unspecified atom stereocenters. The standard InChI is InChI=1S/C22H29FN4O4S2/c1-4-14(2)19(21(29)26-22-24-15(3)13-32-22)25-20(28)16-6-5-11-27(12-16)33(30,31)18-9-7-17(23)8-10-18/h7-10,13-14,16,19H,4-6,11-12H2,1-3H3,(H,25,28)(H,24,26,29)/t14?,16?,19-/m0/s1. The van der Waals surface area contributed by atoms with Crippen molar-refractivity contribution in [3.8, 4) is 0 Å². The number of carbonyl (C=O) groups is 2. The predicted molar refractivity (Wildman–Crippen MR) is 125 cm³/mol. The summed E-state index contributed by atoms with van der Waals surface area (Å²) in [7, 11) is -3.85. The van der Waals surface area contributed by atoms with E-state index in [1.807, 2.05) is 26.2 Å². The molecule has 2 aromatic rings. The molecular formula is C22H29FN4O4S2. The van der Waals surface area contributed by atoms with Crippen LogP contribution in [0.3, 0.4) is 0 Å². The fourth-order valence-corrected chi connectivity index (χ4v) is 5.91. The first-order valence-corrected chi connectivity index (χ1v) is 13.2. The topological polar surface area (TPSA) is 108 Å². The SMILES string of the molecule is CCC(C)[C@H](NC(=O)C1CCCN(S(=O)(=O)c2ccc(F)cc2)C1)C(=O)Nc1nc(C)cs1. The number of anilines is 1. The molecule has 0 radical (unpaired) electrons. The molecule has 2 N–H and O–H groups in total. The zero-order valence-electron chi connectivity index (χ0n) is 18.9. The lowest BCUT2D eigenvalue weighted by Gasteiger charge is -2.32. The third kappa shape index (κ3) is 6.15. The van der Waals surface area contributed by atoms with E-state index in [0.29, 0.717) is 24.4 Å². The van der Waals surface area contributed by atoms with Gasteiger partial charge in [-0.3, -0.25) is 9.59 Å². The number of nitrogens with zero attached hydrogens (tertiary/aromatic N) is 2. The highest BCUT2D eigenvalue weighted by Crippen LogP contribution is 2.25. The van der Waals surface area contributed by atoms with Gasteiger partial charge in [0.25, 0.3) is 0 Å². The van der Waals surface area contributed by atoms with Crippen LogP contribution in [0.2, 0.25) is 0 Å². The summed E-state index contributed by atoms with van der Waals surface area (Å²) >= 11 is 1.31. The largest absolute Gasteiger partial charge is 0.344 e. The maximum absolute atomic E-state index is 13.2. The zero-order valence-corrected chi connectivity index (χ0v) is 20.5. The average Bonchev–Trinajstić information content (AvgIpc) is 3.21. The van der Waals surface area contributed by atoms with E-state index in [1.165, 1.54) is 27.8 Å². The Morgan fingerprint density at radius 3 is 2.61 bits per heavy atom. The third-order valence-electron chi connectivity index (χ3n) is 5.85. The Kier molecular flexibility index (Phi) is 8.19. The van der Waals surface area contributed by atoms with Crippen LogP contribution in [0.25, 0.3) is 0 Å². The summed E-state index contributed by atoms with van der Waals surface area (Å²) in [6.45, 7) is 5.93. The number of piperidine rings is 1. The highest BCUT2D eigenvalue weighted by Gasteiger charge is 2.35. The minimum atomic E-state index is -3.85. The van der Waals surface area contributed by atoms with Crippen molar-refractivity contribution >= 4 is 38.3 Å². The molecule has 3 atom stereocenters. The number of hydrogen-bond acceptors (Lipinski definition) is 6. The molecule has 3 rings (SSSR count). The van der Waals surface area contributed by atoms with Crippen molar-refractivity contribution in [3.63, 3.8) is 0 Å². The van der Waals surface area contributed by atoms with Crippen LogP contribution < -0.4 is 10.6 Å². The van der Waals surface area contributed by atoms with Gasteiger partial charge in [0, 0.05) is 18.5 Å². The van der Waals surface area contributed by atoms with Gasteiger partial charge >= 0.3 is 0 Å². The maximum atomic E-state index is 13.2. The van der Waals surface area contributed by atoms with Gasteiger partial charge in [-0.15, -0.1) is 11.3 Å². The molecule has 1 aromatic heterocycles. The maximum Gasteiger partial charge on any atom is 0.249 e. The summed E-state index contributed by atoms with van der Waals surface area (Å²) in [6, 6.07) is 3.87. The molecule has 11 heteroatoms. The second kappa shape index (κ2) is 10.7. The molecule has 1 aliphatic heterocycles. The van der Waals surface area contributed by atoms with Gasteiger partial charge < -0.3 is 10.6 Å². The van der Waals surface area contributed by atoms with Crippen LogP contribution in [-0.2, 0) is 19.6 Å². The van der Waals surface area contributed by atoms with Gasteiger partial charge in [0.1, 0.15) is 11.9 Å². The molecule has 0 aliphatic carbocycles. The molecule has 1 fully saturated rings. The lowest BCUT2D eigenvalue weighted by atomic mass is 9.95. The third-order valence-corrected chi connectivity index (χ3v) is 8.60. The van der Waals surface area contributed by atoms with Crippen LogP contribution in [0, 0.1) is 24.6 Å². The molecule has 8 nitrogen and oxygen atoms in total. The van der Waals surface area contributed by atoms with Gasteiger partial charge in [-0.25, -0.2) is 17.8 Å². The zero-order chi connectivity index (χ0) is 24.2. The molecule has 0 spiro atoms. The molecule has 2 heterocycles. The van der Waals surface area contributed by atoms with Gasteiger partial charge in [-0.05, 0) is 49.9 Å². The normalized spacial score (nSPS) is 19.0. The van der Waals surface area contributed by atoms with Crippen molar-refractivity contribution in [2.24, 2.45) is 11.8 Å². The Hall–Kier alpha value is -2.37. The smallest absolute Gasteiger partial charge is 0.249 e. The number of hydrogen-bond donors (Lipinski definition) is 2. The Balaban J connectivity index is 1.70. The number of sulfonamides is 1. The molecule has 0 bridgehead atoms. The summed E-state index contributed by atoms with van der Waals surface area (Å²) in [5, 5.41) is 7.89. The number of halogens is 1. The number of carbonyl (C=O) groups excluding carboxylic acids is 2. The van der Waals surface area contributed by atoms with Crippen molar-refractivity contribution in [3.05, 3.63) is 41.2 Å². The van der Waals surface area contributed by atoms with Crippen molar-refractivity contribution in [2.75, 3.05) is 18.4 Å². The molecule has 0 saturated carbocycles. The number of aryl methyl sites for hydroxylation is 1. The molecule has 1 aliphatic rings. The van der Waals surface area contributed by atoms with E-state index in [0.717, 1.165) is 17.8 Å². The highest BCUT2D eigenvalue weighted by atomic mass is 32.2. The Bertz CT molecular complexity index is 1090. The minimum absolute atomic E-state index is 0.00601. The molecule has 2 amide bonds. The Morgan fingerprint density at radius 1 is 1.30 bits per heavy atom. The number of thiazole rings is 1. The average molecular weight is 497 g/mol. The first-order valence-electron chi connectivity index (χ1n) is 10.9. The van der Waals surface area contributed by atoms with E-state index < -0.39 is 27.8 Å². The lowest BCUT2D eigenvalue weighted by Crippen LogP contribution is -2.52. The number of rotatable bonds is 8. The van der Waals surface area contributed by atoms with Gasteiger partial charge in [-0.2, -0.15) is 4.31 Å². The van der Waals surface area contributed by atoms with Crippen LogP contribution in [0.5, 0.6) is 0 Å². The van der Waals surface area contributed by atoms with Crippen molar-refractivity contribution in [1.29, 1.82) is 0 Å². The first-order chi connectivity index (χ1) is 15.6. The second-order valence-corrected chi connectivity index (χ2v) is 11.1. The number of aromatic nitrogens is 1. The van der Waals surface area contributed by atoms with Crippen LogP contribution in [0.1, 0.15) is 38.8 Å². The molecule has 1 saturated heterocycles. The lowest BCUT2D eigenvalue weighted by molar-refractivity contribution is -0.131. The summed E-state index contributed by atoms with van der Waals surface area (Å²) in [5.41, 5.74) is 0.795. The molecule has 33 heavy (non-hydrogen) atoms. The first kappa shape index (κ1) is 25.3. The van der Waals surface area contributed by atoms with Crippen LogP contribution in [0.4, 0.5) is 9.52 Å². The van der Waals surface area contributed by atoms with E-state index in [2.05, 4.69) is 15.6 Å². The predicted octanol–water partition coefficient (Wildman–Crippen LogP) is 3.16. The van der Waals surface area contributed by atoms with Crippen LogP contribution in [-0.4, -0.2) is 48.7 Å². The highest BCUT2D eigenvalue weighted by molar-refractivity contribution is 7.89. The number of benzene rings is 1. The number of amides is 2. The Morgan fingerprint density at radius 2 is 2.00 bits per heavy atom. The van der Waals surface area contributed by atoms with Gasteiger partial charge in [0.2, 0.25) is 21.8 Å². The van der Waals surface area contributed by atoms with E-state index in [1.54, 1.807) is 0 Å². The van der Waals surface area contributed by atoms with E-state index in [9.17, 15) is 22.4 Å². The molecular weight excluding hydrogens is 467 g/mol. The van der Waals surface area contributed by atoms with Crippen LogP contribution >= 0.6 is 11.3 Å². The van der Waals surface area contributed by atoms with Crippen molar-refractivity contribution in [1.82, 2.24) is 14.6 Å². The van der Waals surface area contributed by atoms with Crippen molar-refractivity contribution < 1.29 is 22.4 Å². The number of nitrogens with one attached hydrogen (secondary N) is 2. The van der Waals surface area contributed by atoms with Crippen molar-refractivity contribution in [2.45, 2.75) is 51.0 Å². The summed E-state index contributed by atoms with van der Waals surface area (Å²) in [4.78, 5) is 30.2. The Labute approximate surface area is 197 Å². The van der Waals surface area contributed by atoms with E-state index in [-0.39, 0.29) is 35.7 Å². The van der Waals surface area contributed by atoms with Crippen LogP contribution in [0.15, 0.2) is 34.5 Å².